The van der Waals surface area contributed by atoms with E-state index >= 15 is 0 Å². The van der Waals surface area contributed by atoms with E-state index in [0.717, 1.165) is 6.07 Å². The van der Waals surface area contributed by atoms with Gasteiger partial charge in [-0.2, -0.15) is 0 Å². The maximum Gasteiger partial charge on any atom is 0.201 e. The van der Waals surface area contributed by atoms with Crippen molar-refractivity contribution in [1.82, 2.24) is 0 Å². The molecule has 0 saturated carbocycles. The molecule has 3 rings (SSSR count). The Kier molecular flexibility index (Phi) is 2.86. The average Bonchev–Trinajstić information content (AvgIpc) is 2.46. The first kappa shape index (κ1) is 13.1. The lowest BCUT2D eigenvalue weighted by molar-refractivity contribution is 0.0890. The number of carbonyl (C=O) groups is 1. The largest absolute Gasteiger partial charge is 0.508 e. The molecular weight excluding hydrogens is 276 g/mol. The molecule has 1 atom stereocenters. The topological polar surface area (TPSA) is 107 Å². The summed E-state index contributed by atoms with van der Waals surface area (Å²) in [5.41, 5.74) is 0.463. The van der Waals surface area contributed by atoms with E-state index in [4.69, 9.17) is 4.74 Å². The van der Waals surface area contributed by atoms with Crippen molar-refractivity contribution in [2.24, 2.45) is 0 Å². The zero-order valence-electron chi connectivity index (χ0n) is 10.8. The normalized spacial score (nSPS) is 17.1. The van der Waals surface area contributed by atoms with Crippen LogP contribution >= 0.6 is 0 Å². The first-order valence-corrected chi connectivity index (χ1v) is 6.23. The van der Waals surface area contributed by atoms with Gasteiger partial charge in [0.15, 0.2) is 17.3 Å². The maximum atomic E-state index is 12.5. The number of phenolic OH excluding ortho intramolecular Hbond substituents is 4. The fourth-order valence-corrected chi connectivity index (χ4v) is 2.35. The molecule has 0 unspecified atom stereocenters. The molecule has 0 radical (unpaired) electrons. The summed E-state index contributed by atoms with van der Waals surface area (Å²) >= 11 is 0. The second-order valence-corrected chi connectivity index (χ2v) is 4.79. The monoisotopic (exact) mass is 288 g/mol. The Morgan fingerprint density at radius 1 is 1.00 bits per heavy atom. The molecule has 108 valence electrons. The number of rotatable bonds is 1. The van der Waals surface area contributed by atoms with Crippen LogP contribution in [0.2, 0.25) is 0 Å². The quantitative estimate of drug-likeness (QED) is 0.597. The minimum atomic E-state index is -0.753. The highest BCUT2D eigenvalue weighted by Crippen LogP contribution is 2.46. The van der Waals surface area contributed by atoms with Crippen molar-refractivity contribution < 1.29 is 30.0 Å². The molecule has 21 heavy (non-hydrogen) atoms. The van der Waals surface area contributed by atoms with Crippen molar-refractivity contribution in [3.05, 3.63) is 41.5 Å². The first-order chi connectivity index (χ1) is 9.99. The van der Waals surface area contributed by atoms with Crippen molar-refractivity contribution in [1.29, 1.82) is 0 Å². The average molecular weight is 288 g/mol. The van der Waals surface area contributed by atoms with Gasteiger partial charge in [0, 0.05) is 6.07 Å². The van der Waals surface area contributed by atoms with Gasteiger partial charge in [-0.3, -0.25) is 4.79 Å². The number of phenols is 4. The van der Waals surface area contributed by atoms with Gasteiger partial charge in [-0.1, -0.05) is 12.1 Å². The van der Waals surface area contributed by atoms with Crippen molar-refractivity contribution in [3.8, 4) is 28.7 Å². The number of benzene rings is 2. The van der Waals surface area contributed by atoms with E-state index in [9.17, 15) is 25.2 Å². The summed E-state index contributed by atoms with van der Waals surface area (Å²) in [6, 6.07) is 7.17. The number of ether oxygens (including phenoxy) is 1. The molecule has 4 N–H and O–H groups in total. The second kappa shape index (κ2) is 4.59. The number of aromatic hydroxyl groups is 4. The summed E-state index contributed by atoms with van der Waals surface area (Å²) in [5, 5.41) is 38.1. The molecule has 0 saturated heterocycles. The lowest BCUT2D eigenvalue weighted by Gasteiger charge is -2.25. The van der Waals surface area contributed by atoms with Crippen LogP contribution < -0.4 is 4.74 Å². The highest BCUT2D eigenvalue weighted by atomic mass is 16.5. The molecule has 0 spiro atoms. The van der Waals surface area contributed by atoms with Crippen LogP contribution in [0, 0.1) is 0 Å². The van der Waals surface area contributed by atoms with Crippen molar-refractivity contribution in [2.45, 2.75) is 5.92 Å². The molecular formula is C15H12O6. The highest BCUT2D eigenvalue weighted by Gasteiger charge is 2.34. The van der Waals surface area contributed by atoms with Gasteiger partial charge in [0.2, 0.25) is 5.75 Å². The summed E-state index contributed by atoms with van der Waals surface area (Å²) < 4.78 is 5.39. The molecule has 0 amide bonds. The third kappa shape index (κ3) is 2.01. The minimum Gasteiger partial charge on any atom is -0.508 e. The predicted octanol–water partition coefficient (Wildman–Crippen LogP) is 1.87. The number of Topliss-reactive ketones (excluding diaryl/α,β-unsaturated/α-hetero) is 1. The Morgan fingerprint density at radius 3 is 2.33 bits per heavy atom. The zero-order valence-corrected chi connectivity index (χ0v) is 10.8. The van der Waals surface area contributed by atoms with E-state index in [1.165, 1.54) is 12.1 Å². The molecule has 1 aliphatic rings. The van der Waals surface area contributed by atoms with Crippen LogP contribution in [0.1, 0.15) is 21.8 Å². The maximum absolute atomic E-state index is 12.5. The van der Waals surface area contributed by atoms with E-state index < -0.39 is 28.9 Å². The van der Waals surface area contributed by atoms with E-state index in [0.29, 0.717) is 5.56 Å². The summed E-state index contributed by atoms with van der Waals surface area (Å²) in [7, 11) is 0. The van der Waals surface area contributed by atoms with Crippen LogP contribution in [-0.4, -0.2) is 32.8 Å². The number of fused-ring (bicyclic) bond motifs is 1. The van der Waals surface area contributed by atoms with Crippen molar-refractivity contribution in [2.75, 3.05) is 6.61 Å². The molecule has 2 aromatic carbocycles. The number of ketones is 1. The lowest BCUT2D eigenvalue weighted by Crippen LogP contribution is -2.26. The first-order valence-electron chi connectivity index (χ1n) is 6.23. The molecule has 6 nitrogen and oxygen atoms in total. The second-order valence-electron chi connectivity index (χ2n) is 4.79. The number of hydrogen-bond donors (Lipinski definition) is 4. The fraction of sp³-hybridized carbons (Fsp3) is 0.133. The van der Waals surface area contributed by atoms with E-state index in [1.807, 2.05) is 0 Å². The summed E-state index contributed by atoms with van der Waals surface area (Å²) in [4.78, 5) is 12.5. The van der Waals surface area contributed by atoms with E-state index in [1.54, 1.807) is 12.1 Å². The minimum absolute atomic E-state index is 0.0304. The van der Waals surface area contributed by atoms with Gasteiger partial charge in [-0.25, -0.2) is 0 Å². The molecule has 6 heteroatoms. The SMILES string of the molecule is O=C1c2c(cc(O)c(O)c2O)OC[C@@H]1c1ccc(O)cc1. The lowest BCUT2D eigenvalue weighted by atomic mass is 9.88. The highest BCUT2D eigenvalue weighted by molar-refractivity contribution is 6.07. The smallest absolute Gasteiger partial charge is 0.201 e. The molecule has 1 heterocycles. The third-order valence-electron chi connectivity index (χ3n) is 3.48. The standard InChI is InChI=1S/C15H12O6/c16-8-3-1-7(2-4-8)9-6-21-11-5-10(17)14(19)15(20)12(11)13(9)18/h1-5,9,16-17,19-20H,6H2/t9-/m1/s1. The predicted molar refractivity (Wildman–Crippen MR) is 72.1 cm³/mol. The summed E-state index contributed by atoms with van der Waals surface area (Å²) in [5.74, 6) is -2.98. The molecule has 1 aliphatic heterocycles. The van der Waals surface area contributed by atoms with Crippen LogP contribution in [0.5, 0.6) is 28.7 Å². The molecule has 0 aliphatic carbocycles. The van der Waals surface area contributed by atoms with Crippen LogP contribution in [0.15, 0.2) is 30.3 Å². The van der Waals surface area contributed by atoms with Crippen LogP contribution in [0.25, 0.3) is 0 Å². The van der Waals surface area contributed by atoms with Crippen molar-refractivity contribution in [3.63, 3.8) is 0 Å². The van der Waals surface area contributed by atoms with Crippen molar-refractivity contribution >= 4 is 5.78 Å². The Labute approximate surface area is 119 Å². The Morgan fingerprint density at radius 2 is 1.67 bits per heavy atom. The van der Waals surface area contributed by atoms with Crippen LogP contribution in [-0.2, 0) is 0 Å². The van der Waals surface area contributed by atoms with Gasteiger partial charge in [-0.15, -0.1) is 0 Å². The third-order valence-corrected chi connectivity index (χ3v) is 3.48. The Hall–Kier alpha value is -2.89. The molecule has 0 bridgehead atoms. The summed E-state index contributed by atoms with van der Waals surface area (Å²) in [6.45, 7) is 0.0419. The van der Waals surface area contributed by atoms with Gasteiger partial charge in [0.25, 0.3) is 0 Å². The van der Waals surface area contributed by atoms with E-state index in [-0.39, 0.29) is 23.7 Å². The van der Waals surface area contributed by atoms with Crippen LogP contribution in [0.3, 0.4) is 0 Å². The Balaban J connectivity index is 2.06. The van der Waals surface area contributed by atoms with Crippen LogP contribution in [0.4, 0.5) is 0 Å². The molecule has 0 fully saturated rings. The number of hydrogen-bond acceptors (Lipinski definition) is 6. The summed E-state index contributed by atoms with van der Waals surface area (Å²) in [6.07, 6.45) is 0. The Bertz CT molecular complexity index is 720. The molecule has 0 aromatic heterocycles. The van der Waals surface area contributed by atoms with Gasteiger partial charge in [0.1, 0.15) is 23.7 Å². The van der Waals surface area contributed by atoms with Gasteiger partial charge in [0.05, 0.1) is 5.92 Å². The fourth-order valence-electron chi connectivity index (χ4n) is 2.35. The van der Waals surface area contributed by atoms with Gasteiger partial charge < -0.3 is 25.2 Å². The molecule has 2 aromatic rings. The van der Waals surface area contributed by atoms with Gasteiger partial charge in [-0.05, 0) is 17.7 Å². The van der Waals surface area contributed by atoms with Gasteiger partial charge >= 0.3 is 0 Å². The van der Waals surface area contributed by atoms with E-state index in [2.05, 4.69) is 0 Å². The number of carbonyl (C=O) groups excluding carboxylic acids is 1. The zero-order chi connectivity index (χ0) is 15.1.